The Hall–Kier alpha value is -3.26. The molecule has 0 atom stereocenters. The van der Waals surface area contributed by atoms with E-state index in [4.69, 9.17) is 4.74 Å². The van der Waals surface area contributed by atoms with Crippen LogP contribution in [0.1, 0.15) is 40.3 Å². The zero-order valence-electron chi connectivity index (χ0n) is 19.1. The number of benzene rings is 1. The summed E-state index contributed by atoms with van der Waals surface area (Å²) in [5.41, 5.74) is 4.30. The molecule has 1 aromatic carbocycles. The van der Waals surface area contributed by atoms with E-state index in [-0.39, 0.29) is 18.2 Å². The number of methoxy groups -OCH3 is 1. The van der Waals surface area contributed by atoms with Gasteiger partial charge in [-0.1, -0.05) is 19.9 Å². The van der Waals surface area contributed by atoms with Crippen LogP contribution in [-0.4, -0.2) is 27.8 Å². The molecule has 168 valence electrons. The highest BCUT2D eigenvalue weighted by atomic mass is 32.1. The Morgan fingerprint density at radius 1 is 1.25 bits per heavy atom. The standard InChI is InChI=1S/C22H21FN4O2S.C2H6/c1-12-7-13(2)26-22-18(12)19(15-10-25-27(3)11-15)20(30-22)21(28)24-9-14-5-6-17(29-4)16(23)8-14;1-2/h5-8,10-11H,9H2,1-4H3,(H,24,28);1-2H3. The lowest BCUT2D eigenvalue weighted by Crippen LogP contribution is -2.22. The number of carbonyl (C=O) groups excluding carboxylic acids is 1. The molecular weight excluding hydrogens is 427 g/mol. The first kappa shape index (κ1) is 23.4. The number of amides is 1. The van der Waals surface area contributed by atoms with Crippen molar-refractivity contribution in [1.82, 2.24) is 20.1 Å². The summed E-state index contributed by atoms with van der Waals surface area (Å²) >= 11 is 1.35. The van der Waals surface area contributed by atoms with Gasteiger partial charge in [0.25, 0.3) is 5.91 Å². The molecule has 0 bridgehead atoms. The number of fused-ring (bicyclic) bond motifs is 1. The molecule has 3 heterocycles. The molecule has 0 saturated heterocycles. The molecule has 0 saturated carbocycles. The molecule has 0 radical (unpaired) electrons. The highest BCUT2D eigenvalue weighted by Gasteiger charge is 2.23. The Kier molecular flexibility index (Phi) is 7.25. The summed E-state index contributed by atoms with van der Waals surface area (Å²) in [5.74, 6) is -0.520. The molecular formula is C24H27FN4O2S. The Morgan fingerprint density at radius 2 is 2.00 bits per heavy atom. The number of hydrogen-bond acceptors (Lipinski definition) is 5. The number of carbonyl (C=O) groups is 1. The third kappa shape index (κ3) is 4.65. The fourth-order valence-electron chi connectivity index (χ4n) is 3.51. The molecule has 8 heteroatoms. The molecule has 1 N–H and O–H groups in total. The third-order valence-electron chi connectivity index (χ3n) is 4.86. The number of halogens is 1. The van der Waals surface area contributed by atoms with E-state index in [0.717, 1.165) is 32.6 Å². The molecule has 0 aliphatic heterocycles. The second-order valence-corrected chi connectivity index (χ2v) is 8.12. The molecule has 0 unspecified atom stereocenters. The minimum atomic E-state index is -0.461. The quantitative estimate of drug-likeness (QED) is 0.437. The fourth-order valence-corrected chi connectivity index (χ4v) is 4.74. The van der Waals surface area contributed by atoms with Crippen LogP contribution in [0.2, 0.25) is 0 Å². The lowest BCUT2D eigenvalue weighted by Gasteiger charge is -2.08. The number of aromatic nitrogens is 3. The Morgan fingerprint density at radius 3 is 2.62 bits per heavy atom. The molecule has 3 aromatic heterocycles. The van der Waals surface area contributed by atoms with Crippen LogP contribution in [0.5, 0.6) is 5.75 Å². The molecule has 0 spiro atoms. The van der Waals surface area contributed by atoms with Gasteiger partial charge in [-0.3, -0.25) is 9.48 Å². The van der Waals surface area contributed by atoms with E-state index in [1.807, 2.05) is 47.0 Å². The predicted molar refractivity (Wildman–Crippen MR) is 127 cm³/mol. The fraction of sp³-hybridized carbons (Fsp3) is 0.292. The van der Waals surface area contributed by atoms with Gasteiger partial charge in [-0.15, -0.1) is 11.3 Å². The lowest BCUT2D eigenvalue weighted by molar-refractivity contribution is 0.0955. The molecule has 4 rings (SSSR count). The Balaban J connectivity index is 0.00000141. The number of hydrogen-bond donors (Lipinski definition) is 1. The highest BCUT2D eigenvalue weighted by Crippen LogP contribution is 2.39. The monoisotopic (exact) mass is 454 g/mol. The van der Waals surface area contributed by atoms with Crippen LogP contribution in [-0.2, 0) is 13.6 Å². The third-order valence-corrected chi connectivity index (χ3v) is 5.94. The van der Waals surface area contributed by atoms with E-state index in [9.17, 15) is 9.18 Å². The normalized spacial score (nSPS) is 10.6. The second-order valence-electron chi connectivity index (χ2n) is 7.12. The van der Waals surface area contributed by atoms with Gasteiger partial charge in [0.05, 0.1) is 13.3 Å². The lowest BCUT2D eigenvalue weighted by atomic mass is 10.0. The first-order valence-electron chi connectivity index (χ1n) is 10.4. The first-order chi connectivity index (χ1) is 15.4. The van der Waals surface area contributed by atoms with Gasteiger partial charge in [0.2, 0.25) is 0 Å². The van der Waals surface area contributed by atoms with Crippen molar-refractivity contribution in [2.45, 2.75) is 34.2 Å². The van der Waals surface area contributed by atoms with Crippen molar-refractivity contribution in [2.75, 3.05) is 7.11 Å². The van der Waals surface area contributed by atoms with Crippen LogP contribution in [0.15, 0.2) is 36.7 Å². The number of rotatable bonds is 5. The van der Waals surface area contributed by atoms with E-state index in [0.29, 0.717) is 10.4 Å². The Labute approximate surface area is 191 Å². The van der Waals surface area contributed by atoms with Gasteiger partial charge < -0.3 is 10.1 Å². The van der Waals surface area contributed by atoms with E-state index in [1.54, 1.807) is 23.0 Å². The molecule has 0 aliphatic carbocycles. The van der Waals surface area contributed by atoms with Crippen LogP contribution in [0.3, 0.4) is 0 Å². The minimum absolute atomic E-state index is 0.172. The summed E-state index contributed by atoms with van der Waals surface area (Å²) in [4.78, 5) is 19.1. The summed E-state index contributed by atoms with van der Waals surface area (Å²) in [5, 5.41) is 8.12. The maximum absolute atomic E-state index is 14.0. The molecule has 4 aromatic rings. The average molecular weight is 455 g/mol. The summed E-state index contributed by atoms with van der Waals surface area (Å²) in [7, 11) is 3.25. The van der Waals surface area contributed by atoms with Crippen molar-refractivity contribution in [3.63, 3.8) is 0 Å². The average Bonchev–Trinajstić information content (AvgIpc) is 3.37. The van der Waals surface area contributed by atoms with Crippen LogP contribution < -0.4 is 10.1 Å². The maximum Gasteiger partial charge on any atom is 0.262 e. The number of aryl methyl sites for hydroxylation is 3. The van der Waals surface area contributed by atoms with Gasteiger partial charge in [0.15, 0.2) is 11.6 Å². The molecule has 1 amide bonds. The van der Waals surface area contributed by atoms with E-state index in [1.165, 1.54) is 24.5 Å². The molecule has 32 heavy (non-hydrogen) atoms. The van der Waals surface area contributed by atoms with Gasteiger partial charge in [0, 0.05) is 42.0 Å². The first-order valence-corrected chi connectivity index (χ1v) is 11.2. The summed E-state index contributed by atoms with van der Waals surface area (Å²) < 4.78 is 20.6. The topological polar surface area (TPSA) is 69.0 Å². The van der Waals surface area contributed by atoms with Crippen molar-refractivity contribution >= 4 is 27.5 Å². The maximum atomic E-state index is 14.0. The van der Waals surface area contributed by atoms with Gasteiger partial charge in [-0.25, -0.2) is 9.37 Å². The Bertz CT molecular complexity index is 1260. The zero-order chi connectivity index (χ0) is 23.4. The predicted octanol–water partition coefficient (Wildman–Crippen LogP) is 5.42. The number of pyridine rings is 1. The van der Waals surface area contributed by atoms with E-state index in [2.05, 4.69) is 15.4 Å². The number of thiophene rings is 1. The molecule has 6 nitrogen and oxygen atoms in total. The molecule has 0 aliphatic rings. The van der Waals surface area contributed by atoms with Crippen molar-refractivity contribution in [1.29, 1.82) is 0 Å². The smallest absolute Gasteiger partial charge is 0.262 e. The van der Waals surface area contributed by atoms with Crippen molar-refractivity contribution in [3.8, 4) is 16.9 Å². The van der Waals surface area contributed by atoms with E-state index >= 15 is 0 Å². The summed E-state index contributed by atoms with van der Waals surface area (Å²) in [6.45, 7) is 8.16. The second kappa shape index (κ2) is 9.91. The summed E-state index contributed by atoms with van der Waals surface area (Å²) in [6, 6.07) is 6.65. The minimum Gasteiger partial charge on any atom is -0.494 e. The van der Waals surface area contributed by atoms with Crippen molar-refractivity contribution in [3.05, 3.63) is 64.2 Å². The van der Waals surface area contributed by atoms with Crippen LogP contribution in [0, 0.1) is 19.7 Å². The van der Waals surface area contributed by atoms with Crippen molar-refractivity contribution < 1.29 is 13.9 Å². The highest BCUT2D eigenvalue weighted by molar-refractivity contribution is 7.21. The largest absolute Gasteiger partial charge is 0.494 e. The zero-order valence-corrected chi connectivity index (χ0v) is 19.9. The van der Waals surface area contributed by atoms with E-state index < -0.39 is 5.82 Å². The van der Waals surface area contributed by atoms with Crippen LogP contribution >= 0.6 is 11.3 Å². The van der Waals surface area contributed by atoms with Gasteiger partial charge in [-0.2, -0.15) is 5.10 Å². The SMILES string of the molecule is CC.COc1ccc(CNC(=O)c2sc3nc(C)cc(C)c3c2-c2cnn(C)c2)cc1F. The summed E-state index contributed by atoms with van der Waals surface area (Å²) in [6.07, 6.45) is 3.63. The number of nitrogens with zero attached hydrogens (tertiary/aromatic N) is 3. The van der Waals surface area contributed by atoms with Crippen LogP contribution in [0.4, 0.5) is 4.39 Å². The number of ether oxygens (including phenoxy) is 1. The van der Waals surface area contributed by atoms with Crippen molar-refractivity contribution in [2.24, 2.45) is 7.05 Å². The van der Waals surface area contributed by atoms with Crippen LogP contribution in [0.25, 0.3) is 21.3 Å². The number of nitrogens with one attached hydrogen (secondary N) is 1. The van der Waals surface area contributed by atoms with Gasteiger partial charge in [-0.05, 0) is 43.2 Å². The molecule has 0 fully saturated rings. The van der Waals surface area contributed by atoms with Gasteiger partial charge in [0.1, 0.15) is 9.71 Å². The van der Waals surface area contributed by atoms with Gasteiger partial charge >= 0.3 is 0 Å².